The third kappa shape index (κ3) is 4.32. The molecule has 0 saturated carbocycles. The summed E-state index contributed by atoms with van der Waals surface area (Å²) >= 11 is 1.68. The molecular formula is C18H24N4OS. The summed E-state index contributed by atoms with van der Waals surface area (Å²) < 4.78 is 0. The van der Waals surface area contributed by atoms with E-state index in [-0.39, 0.29) is 12.1 Å². The van der Waals surface area contributed by atoms with Gasteiger partial charge >= 0.3 is 6.03 Å². The molecule has 1 saturated heterocycles. The van der Waals surface area contributed by atoms with Crippen LogP contribution in [0, 0.1) is 0 Å². The number of amides is 2. The third-order valence-corrected chi connectivity index (χ3v) is 5.24. The molecule has 1 aromatic carbocycles. The van der Waals surface area contributed by atoms with E-state index in [0.29, 0.717) is 5.92 Å². The summed E-state index contributed by atoms with van der Waals surface area (Å²) in [6.07, 6.45) is 2.91. The Labute approximate surface area is 147 Å². The minimum Gasteiger partial charge on any atom is -0.336 e. The van der Waals surface area contributed by atoms with Crippen molar-refractivity contribution in [3.63, 3.8) is 0 Å². The van der Waals surface area contributed by atoms with Gasteiger partial charge in [-0.15, -0.1) is 21.5 Å². The molecule has 6 heteroatoms. The molecule has 1 aromatic heterocycles. The largest absolute Gasteiger partial charge is 0.336 e. The maximum Gasteiger partial charge on any atom is 0.317 e. The number of likely N-dealkylation sites (tertiary alicyclic amines) is 1. The lowest BCUT2D eigenvalue weighted by atomic mass is 9.99. The van der Waals surface area contributed by atoms with E-state index >= 15 is 0 Å². The molecule has 24 heavy (non-hydrogen) atoms. The summed E-state index contributed by atoms with van der Waals surface area (Å²) in [6, 6.07) is 10.5. The van der Waals surface area contributed by atoms with Crippen LogP contribution in [0.3, 0.4) is 0 Å². The van der Waals surface area contributed by atoms with Crippen molar-refractivity contribution in [1.82, 2.24) is 20.4 Å². The first-order valence-corrected chi connectivity index (χ1v) is 9.35. The van der Waals surface area contributed by atoms with Gasteiger partial charge < -0.3 is 10.2 Å². The number of carbonyl (C=O) groups is 1. The molecule has 5 nitrogen and oxygen atoms in total. The Morgan fingerprint density at radius 3 is 2.88 bits per heavy atom. The van der Waals surface area contributed by atoms with Gasteiger partial charge in [-0.1, -0.05) is 30.3 Å². The first kappa shape index (κ1) is 16.9. The van der Waals surface area contributed by atoms with Crippen molar-refractivity contribution in [3.05, 3.63) is 45.9 Å². The van der Waals surface area contributed by atoms with Gasteiger partial charge in [0.15, 0.2) is 0 Å². The normalized spacial score (nSPS) is 18.0. The van der Waals surface area contributed by atoms with Crippen molar-refractivity contribution >= 4 is 17.4 Å². The minimum atomic E-state index is 0.0312. The molecule has 1 aliphatic rings. The molecule has 0 radical (unpaired) electrons. The second-order valence-electron chi connectivity index (χ2n) is 6.59. The highest BCUT2D eigenvalue weighted by Gasteiger charge is 2.27. The number of aromatic nitrogens is 2. The van der Waals surface area contributed by atoms with Gasteiger partial charge in [-0.25, -0.2) is 4.79 Å². The van der Waals surface area contributed by atoms with Gasteiger partial charge in [0.25, 0.3) is 0 Å². The second-order valence-corrected chi connectivity index (χ2v) is 7.68. The van der Waals surface area contributed by atoms with E-state index in [2.05, 4.69) is 27.6 Å². The fraction of sp³-hybridized carbons (Fsp3) is 0.500. The molecule has 2 amide bonds. The van der Waals surface area contributed by atoms with E-state index in [1.54, 1.807) is 11.3 Å². The fourth-order valence-corrected chi connectivity index (χ4v) is 3.98. The Hall–Kier alpha value is -1.95. The predicted octanol–water partition coefficient (Wildman–Crippen LogP) is 3.43. The summed E-state index contributed by atoms with van der Waals surface area (Å²) in [6.45, 7) is 5.53. The summed E-state index contributed by atoms with van der Waals surface area (Å²) in [5.74, 6) is 0.304. The van der Waals surface area contributed by atoms with Crippen LogP contribution in [-0.4, -0.2) is 40.3 Å². The zero-order valence-electron chi connectivity index (χ0n) is 14.2. The van der Waals surface area contributed by atoms with E-state index in [9.17, 15) is 4.79 Å². The standard InChI is InChI=1S/C18H24N4OS/c1-13(2)19-18(23)22-10-6-9-15(12-22)17-21-20-16(24-17)11-14-7-4-3-5-8-14/h3-5,7-8,13,15H,6,9-12H2,1-2H3,(H,19,23)/t15-/m0/s1. The van der Waals surface area contributed by atoms with Crippen LogP contribution in [0.25, 0.3) is 0 Å². The third-order valence-electron chi connectivity index (χ3n) is 4.15. The molecule has 1 aliphatic heterocycles. The molecule has 2 heterocycles. The Morgan fingerprint density at radius 1 is 1.33 bits per heavy atom. The molecule has 128 valence electrons. The molecule has 0 aliphatic carbocycles. The first-order chi connectivity index (χ1) is 11.6. The maximum absolute atomic E-state index is 12.2. The Kier molecular flexibility index (Phi) is 5.45. The fourth-order valence-electron chi connectivity index (χ4n) is 2.97. The maximum atomic E-state index is 12.2. The number of benzene rings is 1. The zero-order valence-corrected chi connectivity index (χ0v) is 15.1. The van der Waals surface area contributed by atoms with Crippen LogP contribution in [0.1, 0.15) is 48.2 Å². The SMILES string of the molecule is CC(C)NC(=O)N1CCC[C@H](c2nnc(Cc3ccccc3)s2)C1. The van der Waals surface area contributed by atoms with Crippen molar-refractivity contribution in [3.8, 4) is 0 Å². The smallest absolute Gasteiger partial charge is 0.317 e. The highest BCUT2D eigenvalue weighted by molar-refractivity contribution is 7.11. The van der Waals surface area contributed by atoms with Gasteiger partial charge in [0.05, 0.1) is 0 Å². The number of urea groups is 1. The zero-order chi connectivity index (χ0) is 16.9. The highest BCUT2D eigenvalue weighted by atomic mass is 32.1. The van der Waals surface area contributed by atoms with Gasteiger partial charge in [-0.2, -0.15) is 0 Å². The number of piperidine rings is 1. The van der Waals surface area contributed by atoms with E-state index < -0.39 is 0 Å². The second kappa shape index (κ2) is 7.75. The van der Waals surface area contributed by atoms with E-state index in [4.69, 9.17) is 0 Å². The lowest BCUT2D eigenvalue weighted by Gasteiger charge is -2.32. The van der Waals surface area contributed by atoms with E-state index in [1.807, 2.05) is 36.9 Å². The molecule has 1 atom stereocenters. The van der Waals surface area contributed by atoms with Gasteiger partial charge in [0.1, 0.15) is 10.0 Å². The van der Waals surface area contributed by atoms with Crippen molar-refractivity contribution in [2.75, 3.05) is 13.1 Å². The van der Waals surface area contributed by atoms with Crippen LogP contribution < -0.4 is 5.32 Å². The number of nitrogens with zero attached hydrogens (tertiary/aromatic N) is 3. The average Bonchev–Trinajstić information content (AvgIpc) is 3.04. The number of rotatable bonds is 4. The van der Waals surface area contributed by atoms with Crippen molar-refractivity contribution < 1.29 is 4.79 Å². The molecule has 1 fully saturated rings. The van der Waals surface area contributed by atoms with E-state index in [0.717, 1.165) is 42.4 Å². The minimum absolute atomic E-state index is 0.0312. The van der Waals surface area contributed by atoms with Crippen LogP contribution in [-0.2, 0) is 6.42 Å². The van der Waals surface area contributed by atoms with Crippen LogP contribution >= 0.6 is 11.3 Å². The summed E-state index contributed by atoms with van der Waals surface area (Å²) in [5, 5.41) is 13.8. The van der Waals surface area contributed by atoms with Gasteiger partial charge in [0.2, 0.25) is 0 Å². The quantitative estimate of drug-likeness (QED) is 0.924. The summed E-state index contributed by atoms with van der Waals surface area (Å²) in [7, 11) is 0. The number of hydrogen-bond acceptors (Lipinski definition) is 4. The van der Waals surface area contributed by atoms with Crippen molar-refractivity contribution in [1.29, 1.82) is 0 Å². The van der Waals surface area contributed by atoms with Crippen LogP contribution in [0.5, 0.6) is 0 Å². The summed E-state index contributed by atoms with van der Waals surface area (Å²) in [4.78, 5) is 14.1. The lowest BCUT2D eigenvalue weighted by Crippen LogP contribution is -2.46. The van der Waals surface area contributed by atoms with Gasteiger partial charge in [-0.3, -0.25) is 0 Å². The predicted molar refractivity (Wildman–Crippen MR) is 96.4 cm³/mol. The monoisotopic (exact) mass is 344 g/mol. The van der Waals surface area contributed by atoms with E-state index in [1.165, 1.54) is 5.56 Å². The molecule has 0 spiro atoms. The summed E-state index contributed by atoms with van der Waals surface area (Å²) in [5.41, 5.74) is 1.25. The molecule has 3 rings (SSSR count). The average molecular weight is 344 g/mol. The molecule has 0 bridgehead atoms. The highest BCUT2D eigenvalue weighted by Crippen LogP contribution is 2.29. The number of carbonyl (C=O) groups excluding carboxylic acids is 1. The lowest BCUT2D eigenvalue weighted by molar-refractivity contribution is 0.177. The Balaban J connectivity index is 1.63. The molecular weight excluding hydrogens is 320 g/mol. The van der Waals surface area contributed by atoms with Crippen LogP contribution in [0.4, 0.5) is 4.79 Å². The molecule has 2 aromatic rings. The Bertz CT molecular complexity index is 671. The first-order valence-electron chi connectivity index (χ1n) is 8.53. The van der Waals surface area contributed by atoms with Crippen molar-refractivity contribution in [2.45, 2.75) is 45.1 Å². The van der Waals surface area contributed by atoms with Crippen LogP contribution in [0.2, 0.25) is 0 Å². The van der Waals surface area contributed by atoms with Crippen LogP contribution in [0.15, 0.2) is 30.3 Å². The molecule has 0 unspecified atom stereocenters. The number of nitrogens with one attached hydrogen (secondary N) is 1. The number of hydrogen-bond donors (Lipinski definition) is 1. The van der Waals surface area contributed by atoms with Gasteiger partial charge in [0, 0.05) is 31.5 Å². The van der Waals surface area contributed by atoms with Crippen molar-refractivity contribution in [2.24, 2.45) is 0 Å². The molecule has 1 N–H and O–H groups in total. The topological polar surface area (TPSA) is 58.1 Å². The van der Waals surface area contributed by atoms with Gasteiger partial charge in [-0.05, 0) is 32.3 Å². The Morgan fingerprint density at radius 2 is 2.12 bits per heavy atom.